The first-order valence-electron chi connectivity index (χ1n) is 8.49. The molecular formula is C17H35N. The third-order valence-electron chi connectivity index (χ3n) is 4.94. The van der Waals surface area contributed by atoms with Crippen molar-refractivity contribution >= 4 is 0 Å². The number of rotatable bonds is 8. The van der Waals surface area contributed by atoms with Crippen LogP contribution in [0.15, 0.2) is 0 Å². The zero-order valence-electron chi connectivity index (χ0n) is 12.8. The van der Waals surface area contributed by atoms with Crippen LogP contribution >= 0.6 is 0 Å². The molecule has 1 heteroatoms. The summed E-state index contributed by atoms with van der Waals surface area (Å²) in [4.78, 5) is 0. The summed E-state index contributed by atoms with van der Waals surface area (Å²) in [7, 11) is 0. The van der Waals surface area contributed by atoms with E-state index < -0.39 is 0 Å². The normalized spacial score (nSPS) is 29.2. The van der Waals surface area contributed by atoms with Crippen LogP contribution in [0.1, 0.15) is 97.3 Å². The SMILES string of the molecule is CCCCCCCCC1(N)CCCC(CC)CC1. The van der Waals surface area contributed by atoms with E-state index in [1.807, 2.05) is 0 Å². The van der Waals surface area contributed by atoms with Crippen molar-refractivity contribution in [1.82, 2.24) is 0 Å². The van der Waals surface area contributed by atoms with Crippen molar-refractivity contribution in [1.29, 1.82) is 0 Å². The van der Waals surface area contributed by atoms with Crippen LogP contribution < -0.4 is 5.73 Å². The van der Waals surface area contributed by atoms with Gasteiger partial charge in [-0.15, -0.1) is 0 Å². The van der Waals surface area contributed by atoms with E-state index in [0.717, 1.165) is 5.92 Å². The first kappa shape index (κ1) is 16.0. The molecule has 0 aromatic heterocycles. The highest BCUT2D eigenvalue weighted by molar-refractivity contribution is 4.87. The number of hydrogen-bond donors (Lipinski definition) is 1. The molecule has 1 rings (SSSR count). The fourth-order valence-corrected chi connectivity index (χ4v) is 3.42. The average Bonchev–Trinajstić information content (AvgIpc) is 2.56. The molecule has 0 heterocycles. The predicted octanol–water partition coefficient (Wildman–Crippen LogP) is 5.42. The van der Waals surface area contributed by atoms with Crippen molar-refractivity contribution in [3.05, 3.63) is 0 Å². The maximum Gasteiger partial charge on any atom is 0.0154 e. The molecular weight excluding hydrogens is 218 g/mol. The summed E-state index contributed by atoms with van der Waals surface area (Å²) < 4.78 is 0. The Kier molecular flexibility index (Phi) is 7.97. The molecule has 2 unspecified atom stereocenters. The van der Waals surface area contributed by atoms with Gasteiger partial charge in [0.1, 0.15) is 0 Å². The van der Waals surface area contributed by atoms with E-state index in [1.165, 1.54) is 83.5 Å². The van der Waals surface area contributed by atoms with Crippen LogP contribution in [0.2, 0.25) is 0 Å². The molecule has 0 amide bonds. The van der Waals surface area contributed by atoms with Crippen molar-refractivity contribution in [3.8, 4) is 0 Å². The fourth-order valence-electron chi connectivity index (χ4n) is 3.42. The Morgan fingerprint density at radius 2 is 1.67 bits per heavy atom. The second-order valence-electron chi connectivity index (χ2n) is 6.59. The molecule has 0 aromatic carbocycles. The average molecular weight is 253 g/mol. The predicted molar refractivity (Wildman–Crippen MR) is 81.8 cm³/mol. The van der Waals surface area contributed by atoms with Crippen molar-refractivity contribution < 1.29 is 0 Å². The van der Waals surface area contributed by atoms with Crippen LogP contribution in [0.3, 0.4) is 0 Å². The Labute approximate surface area is 115 Å². The molecule has 1 aliphatic rings. The molecule has 2 N–H and O–H groups in total. The van der Waals surface area contributed by atoms with Crippen LogP contribution in [-0.2, 0) is 0 Å². The van der Waals surface area contributed by atoms with Crippen molar-refractivity contribution in [2.45, 2.75) is 103 Å². The van der Waals surface area contributed by atoms with Gasteiger partial charge in [0.15, 0.2) is 0 Å². The standard InChI is InChI=1S/C17H35N/c1-3-5-6-7-8-9-13-17(18)14-10-11-16(4-2)12-15-17/h16H,3-15,18H2,1-2H3. The molecule has 2 atom stereocenters. The van der Waals surface area contributed by atoms with Crippen molar-refractivity contribution in [2.75, 3.05) is 0 Å². The summed E-state index contributed by atoms with van der Waals surface area (Å²) in [5.74, 6) is 0.958. The maximum absolute atomic E-state index is 6.62. The minimum atomic E-state index is 0.189. The number of hydrogen-bond acceptors (Lipinski definition) is 1. The van der Waals surface area contributed by atoms with Crippen LogP contribution in [0.5, 0.6) is 0 Å². The smallest absolute Gasteiger partial charge is 0.0154 e. The highest BCUT2D eigenvalue weighted by Gasteiger charge is 2.28. The molecule has 0 saturated heterocycles. The molecule has 0 spiro atoms. The Morgan fingerprint density at radius 1 is 0.944 bits per heavy atom. The summed E-state index contributed by atoms with van der Waals surface area (Å²) >= 11 is 0. The van der Waals surface area contributed by atoms with Gasteiger partial charge in [0, 0.05) is 5.54 Å². The first-order valence-corrected chi connectivity index (χ1v) is 8.49. The Hall–Kier alpha value is -0.0400. The minimum Gasteiger partial charge on any atom is -0.325 e. The van der Waals surface area contributed by atoms with Crippen molar-refractivity contribution in [3.63, 3.8) is 0 Å². The third kappa shape index (κ3) is 6.22. The molecule has 1 saturated carbocycles. The van der Waals surface area contributed by atoms with Gasteiger partial charge in [0.05, 0.1) is 0 Å². The zero-order valence-corrected chi connectivity index (χ0v) is 12.8. The number of nitrogens with two attached hydrogens (primary N) is 1. The Bertz CT molecular complexity index is 202. The maximum atomic E-state index is 6.62. The lowest BCUT2D eigenvalue weighted by molar-refractivity contribution is 0.324. The van der Waals surface area contributed by atoms with Crippen LogP contribution in [0.4, 0.5) is 0 Å². The zero-order chi connectivity index (χ0) is 13.3. The van der Waals surface area contributed by atoms with E-state index in [2.05, 4.69) is 13.8 Å². The topological polar surface area (TPSA) is 26.0 Å². The van der Waals surface area contributed by atoms with Gasteiger partial charge in [-0.25, -0.2) is 0 Å². The van der Waals surface area contributed by atoms with Gasteiger partial charge < -0.3 is 5.73 Å². The van der Waals surface area contributed by atoms with Crippen LogP contribution in [0.25, 0.3) is 0 Å². The fraction of sp³-hybridized carbons (Fsp3) is 1.00. The monoisotopic (exact) mass is 253 g/mol. The van der Waals surface area contributed by atoms with E-state index in [-0.39, 0.29) is 5.54 Å². The molecule has 18 heavy (non-hydrogen) atoms. The summed E-state index contributed by atoms with van der Waals surface area (Å²) in [6.07, 6.45) is 17.7. The molecule has 108 valence electrons. The first-order chi connectivity index (χ1) is 8.70. The highest BCUT2D eigenvalue weighted by atomic mass is 14.7. The molecule has 1 aliphatic carbocycles. The van der Waals surface area contributed by atoms with Gasteiger partial charge in [-0.3, -0.25) is 0 Å². The van der Waals surface area contributed by atoms with Gasteiger partial charge in [0.2, 0.25) is 0 Å². The Balaban J connectivity index is 2.15. The largest absolute Gasteiger partial charge is 0.325 e. The summed E-state index contributed by atoms with van der Waals surface area (Å²) in [6, 6.07) is 0. The molecule has 1 fully saturated rings. The second kappa shape index (κ2) is 8.96. The van der Waals surface area contributed by atoms with E-state index in [4.69, 9.17) is 5.73 Å². The van der Waals surface area contributed by atoms with E-state index in [0.29, 0.717) is 0 Å². The second-order valence-corrected chi connectivity index (χ2v) is 6.59. The van der Waals surface area contributed by atoms with Gasteiger partial charge in [0.25, 0.3) is 0 Å². The van der Waals surface area contributed by atoms with Crippen LogP contribution in [-0.4, -0.2) is 5.54 Å². The highest BCUT2D eigenvalue weighted by Crippen LogP contribution is 2.33. The molecule has 1 nitrogen and oxygen atoms in total. The molecule has 0 aromatic rings. The summed E-state index contributed by atoms with van der Waals surface area (Å²) in [5.41, 5.74) is 6.81. The lowest BCUT2D eigenvalue weighted by atomic mass is 9.85. The molecule has 0 aliphatic heterocycles. The summed E-state index contributed by atoms with van der Waals surface area (Å²) in [5, 5.41) is 0. The molecule has 0 radical (unpaired) electrons. The van der Waals surface area contributed by atoms with Gasteiger partial charge in [-0.1, -0.05) is 71.6 Å². The Morgan fingerprint density at radius 3 is 2.39 bits per heavy atom. The van der Waals surface area contributed by atoms with Gasteiger partial charge >= 0.3 is 0 Å². The van der Waals surface area contributed by atoms with E-state index >= 15 is 0 Å². The third-order valence-corrected chi connectivity index (χ3v) is 4.94. The van der Waals surface area contributed by atoms with Crippen molar-refractivity contribution in [2.24, 2.45) is 11.7 Å². The van der Waals surface area contributed by atoms with E-state index in [1.54, 1.807) is 0 Å². The molecule has 0 bridgehead atoms. The van der Waals surface area contributed by atoms with Gasteiger partial charge in [-0.05, 0) is 31.6 Å². The van der Waals surface area contributed by atoms with E-state index in [9.17, 15) is 0 Å². The van der Waals surface area contributed by atoms with Gasteiger partial charge in [-0.2, -0.15) is 0 Å². The summed E-state index contributed by atoms with van der Waals surface area (Å²) in [6.45, 7) is 4.62. The lowest BCUT2D eigenvalue weighted by Crippen LogP contribution is -2.39. The quantitative estimate of drug-likeness (QED) is 0.453. The van der Waals surface area contributed by atoms with Crippen LogP contribution in [0, 0.1) is 5.92 Å². The minimum absolute atomic E-state index is 0.189. The number of unbranched alkanes of at least 4 members (excludes halogenated alkanes) is 5. The lowest BCUT2D eigenvalue weighted by Gasteiger charge is -2.28.